The van der Waals surface area contributed by atoms with Crippen LogP contribution in [0.5, 0.6) is 0 Å². The van der Waals surface area contributed by atoms with Crippen molar-refractivity contribution in [1.29, 1.82) is 0 Å². The summed E-state index contributed by atoms with van der Waals surface area (Å²) in [5.41, 5.74) is 0.582. The van der Waals surface area contributed by atoms with Crippen LogP contribution in [0.1, 0.15) is 17.3 Å². The molecule has 0 aliphatic carbocycles. The van der Waals surface area contributed by atoms with Gasteiger partial charge >= 0.3 is 5.97 Å². The highest BCUT2D eigenvalue weighted by molar-refractivity contribution is 6.06. The molecular weight excluding hydrogens is 220 g/mol. The minimum atomic E-state index is -0.688. The van der Waals surface area contributed by atoms with Crippen molar-refractivity contribution < 1.29 is 19.4 Å². The van der Waals surface area contributed by atoms with Crippen LogP contribution in [0.2, 0.25) is 0 Å². The second kappa shape index (κ2) is 4.41. The first kappa shape index (κ1) is 11.4. The number of hydrogen-bond acceptors (Lipinski definition) is 4. The first-order chi connectivity index (χ1) is 8.11. The lowest BCUT2D eigenvalue weighted by molar-refractivity contribution is -0.136. The third-order valence-electron chi connectivity index (χ3n) is 2.76. The zero-order valence-corrected chi connectivity index (χ0v) is 9.34. The largest absolute Gasteiger partial charge is 0.508 e. The standard InChI is InChI=1S/C13H12O4/c1-8(11-10(14)7-17-13(11)16)12(15)9-5-3-2-4-6-9/h2-6,8,14H,7H2,1H3. The van der Waals surface area contributed by atoms with E-state index in [1.807, 2.05) is 6.07 Å². The van der Waals surface area contributed by atoms with E-state index < -0.39 is 11.9 Å². The van der Waals surface area contributed by atoms with Crippen LogP contribution in [0.15, 0.2) is 41.7 Å². The van der Waals surface area contributed by atoms with E-state index in [9.17, 15) is 14.7 Å². The number of ether oxygens (including phenoxy) is 1. The topological polar surface area (TPSA) is 63.6 Å². The van der Waals surface area contributed by atoms with Crippen molar-refractivity contribution in [1.82, 2.24) is 0 Å². The Labute approximate surface area is 98.5 Å². The Kier molecular flexibility index (Phi) is 2.95. The third kappa shape index (κ3) is 2.06. The molecule has 2 rings (SSSR count). The van der Waals surface area contributed by atoms with Crippen molar-refractivity contribution in [2.24, 2.45) is 5.92 Å². The van der Waals surface area contributed by atoms with Gasteiger partial charge in [0.1, 0.15) is 12.4 Å². The zero-order chi connectivity index (χ0) is 12.4. The van der Waals surface area contributed by atoms with Crippen molar-refractivity contribution in [3.8, 4) is 0 Å². The van der Waals surface area contributed by atoms with Crippen LogP contribution < -0.4 is 0 Å². The molecule has 0 fully saturated rings. The summed E-state index contributed by atoms with van der Waals surface area (Å²) in [5, 5.41) is 9.51. The Hall–Kier alpha value is -2.10. The Balaban J connectivity index is 2.27. The van der Waals surface area contributed by atoms with Crippen LogP contribution >= 0.6 is 0 Å². The Bertz CT molecular complexity index is 487. The molecule has 0 radical (unpaired) electrons. The number of hydrogen-bond donors (Lipinski definition) is 1. The highest BCUT2D eigenvalue weighted by atomic mass is 16.5. The number of carbonyl (C=O) groups excluding carboxylic acids is 2. The van der Waals surface area contributed by atoms with Crippen LogP contribution in [0, 0.1) is 5.92 Å². The van der Waals surface area contributed by atoms with Crippen LogP contribution in [0.25, 0.3) is 0 Å². The molecule has 0 bridgehead atoms. The molecule has 1 heterocycles. The van der Waals surface area contributed by atoms with E-state index in [0.717, 1.165) is 0 Å². The van der Waals surface area contributed by atoms with Gasteiger partial charge in [0.15, 0.2) is 5.78 Å². The van der Waals surface area contributed by atoms with Crippen molar-refractivity contribution in [3.63, 3.8) is 0 Å². The average molecular weight is 232 g/mol. The number of rotatable bonds is 3. The maximum atomic E-state index is 12.1. The molecule has 1 aliphatic rings. The van der Waals surface area contributed by atoms with Gasteiger partial charge in [0.05, 0.1) is 11.5 Å². The second-order valence-corrected chi connectivity index (χ2v) is 3.89. The molecular formula is C13H12O4. The van der Waals surface area contributed by atoms with Gasteiger partial charge < -0.3 is 9.84 Å². The summed E-state index contributed by atoms with van der Waals surface area (Å²) in [4.78, 5) is 23.4. The number of aliphatic hydroxyl groups is 1. The zero-order valence-electron chi connectivity index (χ0n) is 9.34. The summed E-state index contributed by atoms with van der Waals surface area (Å²) in [5.74, 6) is -1.65. The number of ketones is 1. The fourth-order valence-corrected chi connectivity index (χ4v) is 1.82. The van der Waals surface area contributed by atoms with E-state index >= 15 is 0 Å². The van der Waals surface area contributed by atoms with Gasteiger partial charge in [-0.05, 0) is 0 Å². The molecule has 1 aliphatic heterocycles. The molecule has 0 saturated carbocycles. The lowest BCUT2D eigenvalue weighted by atomic mass is 9.92. The number of cyclic esters (lactones) is 1. The van der Waals surface area contributed by atoms with Gasteiger partial charge in [-0.1, -0.05) is 37.3 Å². The predicted octanol–water partition coefficient (Wildman–Crippen LogP) is 1.87. The molecule has 1 aromatic carbocycles. The van der Waals surface area contributed by atoms with Crippen molar-refractivity contribution in [3.05, 3.63) is 47.2 Å². The maximum Gasteiger partial charge on any atom is 0.338 e. The van der Waals surface area contributed by atoms with E-state index in [2.05, 4.69) is 4.74 Å². The van der Waals surface area contributed by atoms with E-state index in [1.165, 1.54) is 0 Å². The molecule has 4 heteroatoms. The summed E-state index contributed by atoms with van der Waals surface area (Å²) in [6, 6.07) is 8.66. The highest BCUT2D eigenvalue weighted by Crippen LogP contribution is 2.24. The molecule has 0 saturated heterocycles. The van der Waals surface area contributed by atoms with Crippen LogP contribution in [-0.2, 0) is 9.53 Å². The Morgan fingerprint density at radius 2 is 2.00 bits per heavy atom. The summed E-state index contributed by atoms with van der Waals surface area (Å²) in [6.45, 7) is 1.45. The number of aliphatic hydroxyl groups excluding tert-OH is 1. The smallest absolute Gasteiger partial charge is 0.338 e. The number of esters is 1. The van der Waals surface area contributed by atoms with Gasteiger partial charge in [0, 0.05) is 5.56 Å². The molecule has 0 spiro atoms. The number of carbonyl (C=O) groups is 2. The van der Waals surface area contributed by atoms with Crippen LogP contribution in [-0.4, -0.2) is 23.5 Å². The van der Waals surface area contributed by atoms with Gasteiger partial charge in [-0.2, -0.15) is 0 Å². The van der Waals surface area contributed by atoms with E-state index in [0.29, 0.717) is 5.56 Å². The van der Waals surface area contributed by atoms with Crippen molar-refractivity contribution in [2.75, 3.05) is 6.61 Å². The normalized spacial score (nSPS) is 16.9. The Morgan fingerprint density at radius 1 is 1.35 bits per heavy atom. The number of Topliss-reactive ketones (excluding diaryl/α,β-unsaturated/α-hetero) is 1. The summed E-state index contributed by atoms with van der Waals surface area (Å²) in [7, 11) is 0. The lowest BCUT2D eigenvalue weighted by Crippen LogP contribution is -2.18. The van der Waals surface area contributed by atoms with Gasteiger partial charge in [0.25, 0.3) is 0 Å². The molecule has 1 N–H and O–H groups in total. The summed E-state index contributed by atoms with van der Waals surface area (Å²) < 4.78 is 4.67. The van der Waals surface area contributed by atoms with Gasteiger partial charge in [-0.15, -0.1) is 0 Å². The first-order valence-electron chi connectivity index (χ1n) is 5.29. The van der Waals surface area contributed by atoms with Crippen molar-refractivity contribution in [2.45, 2.75) is 6.92 Å². The van der Waals surface area contributed by atoms with E-state index in [-0.39, 0.29) is 23.7 Å². The molecule has 1 atom stereocenters. The fraction of sp³-hybridized carbons (Fsp3) is 0.231. The van der Waals surface area contributed by atoms with Crippen LogP contribution in [0.3, 0.4) is 0 Å². The molecule has 17 heavy (non-hydrogen) atoms. The highest BCUT2D eigenvalue weighted by Gasteiger charge is 2.33. The van der Waals surface area contributed by atoms with Crippen LogP contribution in [0.4, 0.5) is 0 Å². The van der Waals surface area contributed by atoms with E-state index in [1.54, 1.807) is 31.2 Å². The van der Waals surface area contributed by atoms with Crippen molar-refractivity contribution >= 4 is 11.8 Å². The third-order valence-corrected chi connectivity index (χ3v) is 2.76. The molecule has 0 amide bonds. The molecule has 1 aromatic rings. The fourth-order valence-electron chi connectivity index (χ4n) is 1.82. The first-order valence-corrected chi connectivity index (χ1v) is 5.29. The van der Waals surface area contributed by atoms with Gasteiger partial charge in [-0.25, -0.2) is 4.79 Å². The van der Waals surface area contributed by atoms with Gasteiger partial charge in [-0.3, -0.25) is 4.79 Å². The minimum absolute atomic E-state index is 0.0684. The summed E-state index contributed by atoms with van der Waals surface area (Å²) >= 11 is 0. The predicted molar refractivity (Wildman–Crippen MR) is 60.6 cm³/mol. The monoisotopic (exact) mass is 232 g/mol. The Morgan fingerprint density at radius 3 is 2.53 bits per heavy atom. The quantitative estimate of drug-likeness (QED) is 0.638. The average Bonchev–Trinajstić information content (AvgIpc) is 2.68. The molecule has 1 unspecified atom stereocenters. The lowest BCUT2D eigenvalue weighted by Gasteiger charge is -2.09. The summed E-state index contributed by atoms with van der Waals surface area (Å²) in [6.07, 6.45) is 0. The number of benzene rings is 1. The molecule has 0 aromatic heterocycles. The maximum absolute atomic E-state index is 12.1. The van der Waals surface area contributed by atoms with E-state index in [4.69, 9.17) is 0 Å². The SMILES string of the molecule is CC(C(=O)c1ccccc1)C1=C(O)COC1=O. The molecule has 88 valence electrons. The van der Waals surface area contributed by atoms with Gasteiger partial charge in [0.2, 0.25) is 0 Å². The minimum Gasteiger partial charge on any atom is -0.508 e. The molecule has 4 nitrogen and oxygen atoms in total. The second-order valence-electron chi connectivity index (χ2n) is 3.89.